The molecule has 11 nitrogen and oxygen atoms in total. The van der Waals surface area contributed by atoms with E-state index < -0.39 is 11.6 Å². The molecule has 5 aliphatic rings. The minimum Gasteiger partial charge on any atom is -0.508 e. The standard InChI is InChI=1S/C44H49F2N7O4/c1-4-31-34(45)10-7-27-19-30(54)20-32(35(27)31)36-38(46)40-37(33-23-50(2)49-39(33)36)41(53-28-8-9-29(53)22-51(21-28)15-6-17-55-3)48-42(47-40)57-25-43(12-13-43)24-52-16-5-11-44(52)14-18-56-26-44/h1,7,10,19-20,23,28-29,54H,5-6,8-9,11-18,21-22,24-26H2,2-3H3. The number of hydrogen-bond acceptors (Lipinski definition) is 10. The van der Waals surface area contributed by atoms with Crippen LogP contribution in [0.1, 0.15) is 56.9 Å². The number of anilines is 1. The Kier molecular flexibility index (Phi) is 9.05. The van der Waals surface area contributed by atoms with E-state index in [9.17, 15) is 5.11 Å². The zero-order valence-corrected chi connectivity index (χ0v) is 32.7. The van der Waals surface area contributed by atoms with Crippen LogP contribution < -0.4 is 9.64 Å². The molecule has 1 saturated carbocycles. The maximum atomic E-state index is 17.9. The summed E-state index contributed by atoms with van der Waals surface area (Å²) in [5.74, 6) is 1.74. The molecule has 13 heteroatoms. The molecule has 1 N–H and O–H groups in total. The summed E-state index contributed by atoms with van der Waals surface area (Å²) >= 11 is 0. The molecule has 3 atom stereocenters. The summed E-state index contributed by atoms with van der Waals surface area (Å²) in [6.07, 6.45) is 16.2. The lowest BCUT2D eigenvalue weighted by Crippen LogP contribution is -2.54. The second kappa shape index (κ2) is 14.0. The van der Waals surface area contributed by atoms with Gasteiger partial charge in [-0.25, -0.2) is 8.78 Å². The smallest absolute Gasteiger partial charge is 0.319 e. The van der Waals surface area contributed by atoms with Crippen molar-refractivity contribution in [2.24, 2.45) is 12.5 Å². The molecule has 2 aromatic heterocycles. The molecule has 1 aliphatic carbocycles. The first-order chi connectivity index (χ1) is 27.7. The largest absolute Gasteiger partial charge is 0.508 e. The van der Waals surface area contributed by atoms with Crippen LogP contribution in [0.4, 0.5) is 14.6 Å². The Morgan fingerprint density at radius 1 is 1.05 bits per heavy atom. The van der Waals surface area contributed by atoms with Crippen LogP contribution in [0.3, 0.4) is 0 Å². The van der Waals surface area contributed by atoms with Gasteiger partial charge < -0.3 is 24.2 Å². The van der Waals surface area contributed by atoms with Crippen molar-refractivity contribution in [3.05, 3.63) is 47.7 Å². The van der Waals surface area contributed by atoms with Gasteiger partial charge in [0.15, 0.2) is 5.82 Å². The van der Waals surface area contributed by atoms with E-state index in [2.05, 4.69) is 20.6 Å². The summed E-state index contributed by atoms with van der Waals surface area (Å²) in [4.78, 5) is 17.6. The van der Waals surface area contributed by atoms with Gasteiger partial charge in [0, 0.05) is 99.1 Å². The van der Waals surface area contributed by atoms with Crippen LogP contribution in [0.25, 0.3) is 43.7 Å². The predicted molar refractivity (Wildman–Crippen MR) is 215 cm³/mol. The van der Waals surface area contributed by atoms with Gasteiger partial charge in [0.25, 0.3) is 0 Å². The summed E-state index contributed by atoms with van der Waals surface area (Å²) in [7, 11) is 3.53. The second-order valence-corrected chi connectivity index (χ2v) is 17.2. The number of halogens is 2. The van der Waals surface area contributed by atoms with Crippen molar-refractivity contribution in [2.75, 3.05) is 71.2 Å². The number of terminal acetylenes is 1. The van der Waals surface area contributed by atoms with Gasteiger partial charge in [-0.1, -0.05) is 12.0 Å². The van der Waals surface area contributed by atoms with Crippen molar-refractivity contribution in [3.8, 4) is 35.2 Å². The van der Waals surface area contributed by atoms with E-state index in [0.717, 1.165) is 90.9 Å². The second-order valence-electron chi connectivity index (χ2n) is 17.2. The third-order valence-electron chi connectivity index (χ3n) is 13.5. The highest BCUT2D eigenvalue weighted by molar-refractivity contribution is 6.18. The number of ether oxygens (including phenoxy) is 3. The molecule has 0 amide bonds. The van der Waals surface area contributed by atoms with Crippen molar-refractivity contribution in [2.45, 2.75) is 69.0 Å². The molecule has 4 aliphatic heterocycles. The van der Waals surface area contributed by atoms with E-state index >= 15 is 8.78 Å². The SMILES string of the molecule is C#Cc1c(F)ccc2cc(O)cc(-c3c(F)c4nc(OCC5(CN6CCCC67CCOC7)CC5)nc(N5C6CCC5CN(CCCOC)C6)c4c4cn(C)nc34)c12. The molecule has 6 heterocycles. The van der Waals surface area contributed by atoms with Crippen molar-refractivity contribution in [3.63, 3.8) is 0 Å². The Morgan fingerprint density at radius 2 is 1.88 bits per heavy atom. The summed E-state index contributed by atoms with van der Waals surface area (Å²) in [6, 6.07) is 6.20. The summed E-state index contributed by atoms with van der Waals surface area (Å²) in [5.41, 5.74) is 0.835. The number of aromatic nitrogens is 4. The Hall–Kier alpha value is -4.61. The number of likely N-dealkylation sites (tertiary alicyclic amines) is 2. The first-order valence-electron chi connectivity index (χ1n) is 20.4. The molecular weight excluding hydrogens is 729 g/mol. The monoisotopic (exact) mass is 777 g/mol. The normalized spacial score (nSPS) is 24.4. The summed E-state index contributed by atoms with van der Waals surface area (Å²) in [5, 5.41) is 17.8. The van der Waals surface area contributed by atoms with Crippen molar-refractivity contribution < 1.29 is 28.1 Å². The average molecular weight is 778 g/mol. The first kappa shape index (κ1) is 36.7. The molecule has 298 valence electrons. The molecule has 4 saturated heterocycles. The maximum Gasteiger partial charge on any atom is 0.319 e. The van der Waals surface area contributed by atoms with Gasteiger partial charge in [-0.05, 0) is 87.1 Å². The summed E-state index contributed by atoms with van der Waals surface area (Å²) < 4.78 is 52.7. The van der Waals surface area contributed by atoms with Gasteiger partial charge in [0.1, 0.15) is 28.4 Å². The van der Waals surface area contributed by atoms with Crippen LogP contribution in [0.2, 0.25) is 0 Å². The predicted octanol–water partition coefficient (Wildman–Crippen LogP) is 6.41. The van der Waals surface area contributed by atoms with Crippen LogP contribution in [0, 0.1) is 29.4 Å². The first-order valence-corrected chi connectivity index (χ1v) is 20.4. The van der Waals surface area contributed by atoms with E-state index in [1.165, 1.54) is 30.7 Å². The number of rotatable bonds is 11. The van der Waals surface area contributed by atoms with Crippen LogP contribution in [0.5, 0.6) is 11.8 Å². The fraction of sp³-hybridized carbons (Fsp3) is 0.523. The molecule has 57 heavy (non-hydrogen) atoms. The van der Waals surface area contributed by atoms with Crippen molar-refractivity contribution in [1.29, 1.82) is 0 Å². The van der Waals surface area contributed by atoms with Gasteiger partial charge in [0.05, 0.1) is 24.2 Å². The number of fused-ring (bicyclic) bond motifs is 6. The van der Waals surface area contributed by atoms with E-state index in [-0.39, 0.29) is 57.0 Å². The molecule has 10 rings (SSSR count). The van der Waals surface area contributed by atoms with Crippen LogP contribution >= 0.6 is 0 Å². The lowest BCUT2D eigenvalue weighted by Gasteiger charge is -2.42. The Balaban J connectivity index is 1.12. The average Bonchev–Trinajstić information content (AvgIpc) is 3.48. The highest BCUT2D eigenvalue weighted by Gasteiger charge is 2.52. The van der Waals surface area contributed by atoms with Crippen molar-refractivity contribution in [1.82, 2.24) is 29.5 Å². The zero-order valence-electron chi connectivity index (χ0n) is 32.7. The number of phenols is 1. The quantitative estimate of drug-likeness (QED) is 0.120. The van der Waals surface area contributed by atoms with E-state index in [1.807, 2.05) is 6.20 Å². The molecule has 3 unspecified atom stereocenters. The van der Waals surface area contributed by atoms with E-state index in [1.54, 1.807) is 18.8 Å². The number of piperazine rings is 1. The van der Waals surface area contributed by atoms with E-state index in [0.29, 0.717) is 46.1 Å². The number of methoxy groups -OCH3 is 1. The Labute approximate surface area is 330 Å². The third kappa shape index (κ3) is 6.18. The fourth-order valence-electron chi connectivity index (χ4n) is 10.6. The van der Waals surface area contributed by atoms with Gasteiger partial charge in [-0.3, -0.25) is 14.5 Å². The maximum absolute atomic E-state index is 17.9. The molecule has 3 aromatic carbocycles. The fourth-order valence-corrected chi connectivity index (χ4v) is 10.6. The van der Waals surface area contributed by atoms with Crippen LogP contribution in [-0.4, -0.2) is 119 Å². The highest BCUT2D eigenvalue weighted by atomic mass is 19.1. The van der Waals surface area contributed by atoms with Gasteiger partial charge >= 0.3 is 6.01 Å². The lowest BCUT2D eigenvalue weighted by atomic mass is 9.91. The molecule has 5 fully saturated rings. The number of phenolic OH excluding ortho intramolecular Hbond substituents is 1. The molecule has 2 bridgehead atoms. The molecule has 1 spiro atoms. The number of nitrogens with zero attached hydrogens (tertiary/aromatic N) is 7. The molecule has 5 aromatic rings. The topological polar surface area (TPSA) is 101 Å². The lowest BCUT2D eigenvalue weighted by molar-refractivity contribution is 0.0706. The van der Waals surface area contributed by atoms with E-state index in [4.69, 9.17) is 35.7 Å². The summed E-state index contributed by atoms with van der Waals surface area (Å²) in [6.45, 7) is 7.40. The van der Waals surface area contributed by atoms with Gasteiger partial charge in [-0.2, -0.15) is 15.1 Å². The van der Waals surface area contributed by atoms with Gasteiger partial charge in [-0.15, -0.1) is 6.42 Å². The molecular formula is C44H49F2N7O4. The Morgan fingerprint density at radius 3 is 2.61 bits per heavy atom. The minimum absolute atomic E-state index is 0.0166. The van der Waals surface area contributed by atoms with Crippen LogP contribution in [-0.2, 0) is 16.5 Å². The highest BCUT2D eigenvalue weighted by Crippen LogP contribution is 2.51. The number of aromatic hydroxyl groups is 1. The van der Waals surface area contributed by atoms with Crippen LogP contribution in [0.15, 0.2) is 30.5 Å². The van der Waals surface area contributed by atoms with Crippen molar-refractivity contribution >= 4 is 38.4 Å². The van der Waals surface area contributed by atoms with Gasteiger partial charge in [0.2, 0.25) is 0 Å². The Bertz CT molecular complexity index is 2420. The number of aryl methyl sites for hydroxylation is 1. The zero-order chi connectivity index (χ0) is 39.1. The number of hydrogen-bond donors (Lipinski definition) is 1. The minimum atomic E-state index is -0.657. The molecule has 0 radical (unpaired) electrons. The third-order valence-corrected chi connectivity index (χ3v) is 13.5. The number of benzene rings is 3.